The number of para-hydroxylation sites is 2. The summed E-state index contributed by atoms with van der Waals surface area (Å²) in [6, 6.07) is 19.2. The van der Waals surface area contributed by atoms with Crippen molar-refractivity contribution >= 4 is 28.7 Å². The molecular weight excluding hydrogens is 466 g/mol. The molecule has 0 aliphatic rings. The van der Waals surface area contributed by atoms with Gasteiger partial charge in [-0.25, -0.2) is 4.98 Å². The highest BCUT2D eigenvalue weighted by Gasteiger charge is 2.16. The molecule has 0 atom stereocenters. The average molecular weight is 494 g/mol. The number of fused-ring (bicyclic) bond motifs is 1. The fourth-order valence-corrected chi connectivity index (χ4v) is 4.55. The van der Waals surface area contributed by atoms with Crippen molar-refractivity contribution in [2.75, 3.05) is 34.2 Å². The number of hydrogen-bond donors (Lipinski definition) is 1. The number of nitrogens with zero attached hydrogens (tertiary/aromatic N) is 2. The van der Waals surface area contributed by atoms with Crippen LogP contribution in [-0.2, 0) is 11.3 Å². The monoisotopic (exact) mass is 493 g/mol. The van der Waals surface area contributed by atoms with Gasteiger partial charge in [-0.1, -0.05) is 23.9 Å². The van der Waals surface area contributed by atoms with Crippen LogP contribution in [0.5, 0.6) is 23.0 Å². The third kappa shape index (κ3) is 5.30. The number of hydrogen-bond acceptors (Lipinski definition) is 7. The molecule has 0 spiro atoms. The maximum absolute atomic E-state index is 12.7. The van der Waals surface area contributed by atoms with Crippen LogP contribution in [0.4, 0.5) is 0 Å². The second-order valence-electron chi connectivity index (χ2n) is 7.50. The van der Waals surface area contributed by atoms with E-state index in [1.54, 1.807) is 40.6 Å². The molecule has 4 aromatic rings. The van der Waals surface area contributed by atoms with E-state index in [1.807, 2.05) is 53.1 Å². The number of nitrogens with one attached hydrogen (secondary N) is 1. The summed E-state index contributed by atoms with van der Waals surface area (Å²) in [5.41, 5.74) is 3.56. The van der Waals surface area contributed by atoms with Gasteiger partial charge >= 0.3 is 0 Å². The zero-order chi connectivity index (χ0) is 24.8. The van der Waals surface area contributed by atoms with E-state index in [9.17, 15) is 4.79 Å². The molecule has 0 aliphatic carbocycles. The number of benzene rings is 3. The zero-order valence-electron chi connectivity index (χ0n) is 20.0. The van der Waals surface area contributed by atoms with Gasteiger partial charge in [-0.3, -0.25) is 9.36 Å². The van der Waals surface area contributed by atoms with E-state index >= 15 is 0 Å². The highest BCUT2D eigenvalue weighted by Crippen LogP contribution is 2.34. The number of thioether (sulfide) groups is 1. The molecule has 0 aliphatic heterocycles. The molecule has 8 nitrogen and oxygen atoms in total. The summed E-state index contributed by atoms with van der Waals surface area (Å²) in [6.45, 7) is 0.290. The molecule has 1 heterocycles. The van der Waals surface area contributed by atoms with E-state index in [2.05, 4.69) is 5.32 Å². The highest BCUT2D eigenvalue weighted by molar-refractivity contribution is 7.99. The Morgan fingerprint density at radius 2 is 1.57 bits per heavy atom. The van der Waals surface area contributed by atoms with Crippen molar-refractivity contribution in [1.29, 1.82) is 0 Å². The smallest absolute Gasteiger partial charge is 0.230 e. The number of ether oxygens (including phenoxy) is 4. The minimum atomic E-state index is -0.125. The van der Waals surface area contributed by atoms with Crippen LogP contribution < -0.4 is 24.3 Å². The minimum Gasteiger partial charge on any atom is -0.497 e. The van der Waals surface area contributed by atoms with Crippen LogP contribution in [0.25, 0.3) is 16.7 Å². The number of imidazole rings is 1. The highest BCUT2D eigenvalue weighted by atomic mass is 32.2. The summed E-state index contributed by atoms with van der Waals surface area (Å²) in [5.74, 6) is 2.59. The largest absolute Gasteiger partial charge is 0.497 e. The van der Waals surface area contributed by atoms with E-state index in [-0.39, 0.29) is 18.2 Å². The topological polar surface area (TPSA) is 83.8 Å². The number of carbonyl (C=O) groups is 1. The lowest BCUT2D eigenvalue weighted by molar-refractivity contribution is -0.118. The van der Waals surface area contributed by atoms with Gasteiger partial charge < -0.3 is 24.3 Å². The minimum absolute atomic E-state index is 0.125. The standard InChI is InChI=1S/C26H27N3O5S/c1-31-19-11-9-18(10-12-19)29-21-8-6-5-7-20(21)28-26(29)35-16-25(30)27-15-17-13-23(33-3)24(34-4)14-22(17)32-2/h5-14H,15-16H2,1-4H3,(H,27,30). The van der Waals surface area contributed by atoms with Gasteiger partial charge in [0.05, 0.1) is 45.2 Å². The van der Waals surface area contributed by atoms with Crippen LogP contribution in [0.2, 0.25) is 0 Å². The molecule has 1 N–H and O–H groups in total. The van der Waals surface area contributed by atoms with Crippen molar-refractivity contribution in [2.24, 2.45) is 0 Å². The Morgan fingerprint density at radius 3 is 2.26 bits per heavy atom. The van der Waals surface area contributed by atoms with Gasteiger partial charge in [0.2, 0.25) is 5.91 Å². The van der Waals surface area contributed by atoms with Crippen molar-refractivity contribution < 1.29 is 23.7 Å². The van der Waals surface area contributed by atoms with Crippen LogP contribution >= 0.6 is 11.8 Å². The van der Waals surface area contributed by atoms with Crippen molar-refractivity contribution in [1.82, 2.24) is 14.9 Å². The molecule has 3 aromatic carbocycles. The van der Waals surface area contributed by atoms with E-state index in [1.165, 1.54) is 11.8 Å². The third-order valence-corrected chi connectivity index (χ3v) is 6.39. The molecular formula is C26H27N3O5S. The predicted molar refractivity (Wildman–Crippen MR) is 136 cm³/mol. The molecule has 9 heteroatoms. The molecule has 0 unspecified atom stereocenters. The zero-order valence-corrected chi connectivity index (χ0v) is 20.8. The number of aromatic nitrogens is 2. The Hall–Kier alpha value is -3.85. The van der Waals surface area contributed by atoms with Crippen molar-refractivity contribution in [2.45, 2.75) is 11.7 Å². The van der Waals surface area contributed by atoms with E-state index in [0.29, 0.717) is 17.2 Å². The van der Waals surface area contributed by atoms with Gasteiger partial charge in [0.15, 0.2) is 16.7 Å². The summed E-state index contributed by atoms with van der Waals surface area (Å²) < 4.78 is 23.5. The molecule has 0 radical (unpaired) electrons. The average Bonchev–Trinajstić information content (AvgIpc) is 3.28. The van der Waals surface area contributed by atoms with Gasteiger partial charge in [-0.05, 0) is 42.5 Å². The van der Waals surface area contributed by atoms with Gasteiger partial charge in [0.25, 0.3) is 0 Å². The number of amides is 1. The molecule has 35 heavy (non-hydrogen) atoms. The molecule has 0 saturated carbocycles. The second-order valence-corrected chi connectivity index (χ2v) is 8.44. The summed E-state index contributed by atoms with van der Waals surface area (Å²) in [5, 5.41) is 3.68. The lowest BCUT2D eigenvalue weighted by atomic mass is 10.1. The molecule has 1 aromatic heterocycles. The normalized spacial score (nSPS) is 10.7. The fourth-order valence-electron chi connectivity index (χ4n) is 3.69. The van der Waals surface area contributed by atoms with Crippen LogP contribution in [0.3, 0.4) is 0 Å². The number of carbonyl (C=O) groups excluding carboxylic acids is 1. The van der Waals surface area contributed by atoms with Gasteiger partial charge in [-0.15, -0.1) is 0 Å². The van der Waals surface area contributed by atoms with E-state index in [4.69, 9.17) is 23.9 Å². The Morgan fingerprint density at radius 1 is 0.886 bits per heavy atom. The lowest BCUT2D eigenvalue weighted by Crippen LogP contribution is -2.25. The second kappa shape index (κ2) is 11.1. The molecule has 0 fully saturated rings. The summed E-state index contributed by atoms with van der Waals surface area (Å²) in [6.07, 6.45) is 0. The summed E-state index contributed by atoms with van der Waals surface area (Å²) >= 11 is 1.38. The molecule has 0 bridgehead atoms. The van der Waals surface area contributed by atoms with Crippen LogP contribution in [-0.4, -0.2) is 49.7 Å². The lowest BCUT2D eigenvalue weighted by Gasteiger charge is -2.14. The Kier molecular flexibility index (Phi) is 7.67. The van der Waals surface area contributed by atoms with Crippen molar-refractivity contribution in [3.8, 4) is 28.7 Å². The maximum atomic E-state index is 12.7. The number of rotatable bonds is 10. The first-order valence-electron chi connectivity index (χ1n) is 10.9. The van der Waals surface area contributed by atoms with Gasteiger partial charge in [0.1, 0.15) is 11.5 Å². The van der Waals surface area contributed by atoms with Gasteiger partial charge in [-0.2, -0.15) is 0 Å². The molecule has 1 amide bonds. The quantitative estimate of drug-likeness (QED) is 0.326. The first kappa shape index (κ1) is 24.3. The van der Waals surface area contributed by atoms with Crippen LogP contribution in [0, 0.1) is 0 Å². The maximum Gasteiger partial charge on any atom is 0.230 e. The third-order valence-electron chi connectivity index (χ3n) is 5.46. The first-order valence-corrected chi connectivity index (χ1v) is 11.9. The van der Waals surface area contributed by atoms with Crippen LogP contribution in [0.1, 0.15) is 5.56 Å². The molecule has 4 rings (SSSR count). The van der Waals surface area contributed by atoms with Gasteiger partial charge in [0, 0.05) is 23.9 Å². The van der Waals surface area contributed by atoms with Crippen LogP contribution in [0.15, 0.2) is 65.8 Å². The number of methoxy groups -OCH3 is 4. The fraction of sp³-hybridized carbons (Fsp3) is 0.231. The summed E-state index contributed by atoms with van der Waals surface area (Å²) in [4.78, 5) is 17.5. The Labute approximate surface area is 208 Å². The Balaban J connectivity index is 1.50. The predicted octanol–water partition coefficient (Wildman–Crippen LogP) is 4.47. The Bertz CT molecular complexity index is 1320. The van der Waals surface area contributed by atoms with E-state index in [0.717, 1.165) is 33.2 Å². The van der Waals surface area contributed by atoms with E-state index < -0.39 is 0 Å². The van der Waals surface area contributed by atoms with Crippen molar-refractivity contribution in [3.63, 3.8) is 0 Å². The molecule has 0 saturated heterocycles. The SMILES string of the molecule is COc1ccc(-n2c(SCC(=O)NCc3cc(OC)c(OC)cc3OC)nc3ccccc32)cc1. The van der Waals surface area contributed by atoms with Crippen molar-refractivity contribution in [3.05, 3.63) is 66.2 Å². The first-order chi connectivity index (χ1) is 17.1. The summed E-state index contributed by atoms with van der Waals surface area (Å²) in [7, 11) is 6.35. The molecule has 182 valence electrons.